The molecule has 1 aromatic heterocycles. The number of aryl methyl sites for hydroxylation is 1. The fourth-order valence-corrected chi connectivity index (χ4v) is 2.94. The van der Waals surface area contributed by atoms with Crippen molar-refractivity contribution in [2.24, 2.45) is 0 Å². The van der Waals surface area contributed by atoms with Gasteiger partial charge in [-0.05, 0) is 58.4 Å². The summed E-state index contributed by atoms with van der Waals surface area (Å²) in [5.41, 5.74) is 1.93. The van der Waals surface area contributed by atoms with Crippen LogP contribution in [0.3, 0.4) is 0 Å². The number of nitrogens with one attached hydrogen (secondary N) is 2. The van der Waals surface area contributed by atoms with Crippen molar-refractivity contribution in [3.63, 3.8) is 0 Å². The Kier molecular flexibility index (Phi) is 4.99. The molecule has 0 unspecified atom stereocenters. The molecule has 2 rings (SSSR count). The molecule has 1 aromatic carbocycles. The molecule has 0 saturated heterocycles. The first kappa shape index (κ1) is 14.1. The number of carbonyl (C=O) groups is 1. The van der Waals surface area contributed by atoms with E-state index >= 15 is 0 Å². The highest BCUT2D eigenvalue weighted by Gasteiger charge is 2.05. The van der Waals surface area contributed by atoms with Gasteiger partial charge in [0.25, 0.3) is 0 Å². The van der Waals surface area contributed by atoms with Gasteiger partial charge in [0.05, 0.1) is 5.69 Å². The first-order valence-corrected chi connectivity index (χ1v) is 7.66. The third-order valence-corrected chi connectivity index (χ3v) is 4.20. The minimum Gasteiger partial charge on any atom is -0.338 e. The summed E-state index contributed by atoms with van der Waals surface area (Å²) in [6, 6.07) is 9.73. The predicted molar refractivity (Wildman–Crippen MR) is 83.9 cm³/mol. The van der Waals surface area contributed by atoms with E-state index in [-0.39, 0.29) is 6.03 Å². The molecule has 2 N–H and O–H groups in total. The van der Waals surface area contributed by atoms with Crippen LogP contribution in [0.5, 0.6) is 0 Å². The molecule has 0 spiro atoms. The lowest BCUT2D eigenvalue weighted by Crippen LogP contribution is -2.30. The molecule has 0 aliphatic heterocycles. The standard InChI is InChI=1S/C14H15BrN2OS/c1-10-4-5-13(12(15)9-10)17-14(18)16-7-6-11-3-2-8-19-11/h2-5,8-9H,6-7H2,1H3,(H2,16,17,18). The average molecular weight is 339 g/mol. The van der Waals surface area contributed by atoms with Crippen LogP contribution in [-0.2, 0) is 6.42 Å². The molecule has 1 heterocycles. The molecule has 2 amide bonds. The minimum absolute atomic E-state index is 0.180. The van der Waals surface area contributed by atoms with Crippen LogP contribution in [0.4, 0.5) is 10.5 Å². The molecule has 19 heavy (non-hydrogen) atoms. The largest absolute Gasteiger partial charge is 0.338 e. The van der Waals surface area contributed by atoms with E-state index in [1.807, 2.05) is 36.6 Å². The van der Waals surface area contributed by atoms with Gasteiger partial charge in [0.1, 0.15) is 0 Å². The van der Waals surface area contributed by atoms with Crippen LogP contribution in [0, 0.1) is 6.92 Å². The quantitative estimate of drug-likeness (QED) is 0.862. The highest BCUT2D eigenvalue weighted by atomic mass is 79.9. The summed E-state index contributed by atoms with van der Waals surface area (Å²) in [4.78, 5) is 13.0. The molecule has 0 bridgehead atoms. The molecule has 3 nitrogen and oxygen atoms in total. The topological polar surface area (TPSA) is 41.1 Å². The van der Waals surface area contributed by atoms with E-state index < -0.39 is 0 Å². The lowest BCUT2D eigenvalue weighted by Gasteiger charge is -2.09. The Labute approximate surface area is 125 Å². The molecule has 5 heteroatoms. The van der Waals surface area contributed by atoms with Gasteiger partial charge in [-0.15, -0.1) is 11.3 Å². The minimum atomic E-state index is -0.180. The zero-order valence-corrected chi connectivity index (χ0v) is 13.0. The maximum atomic E-state index is 11.7. The van der Waals surface area contributed by atoms with Gasteiger partial charge in [-0.25, -0.2) is 4.79 Å². The molecule has 0 aliphatic carbocycles. The van der Waals surface area contributed by atoms with E-state index in [2.05, 4.69) is 32.6 Å². The maximum Gasteiger partial charge on any atom is 0.319 e. The van der Waals surface area contributed by atoms with Crippen molar-refractivity contribution in [2.75, 3.05) is 11.9 Å². The number of thiophene rings is 1. The van der Waals surface area contributed by atoms with Gasteiger partial charge in [-0.2, -0.15) is 0 Å². The van der Waals surface area contributed by atoms with Gasteiger partial charge in [0, 0.05) is 15.9 Å². The van der Waals surface area contributed by atoms with Gasteiger partial charge < -0.3 is 10.6 Å². The van der Waals surface area contributed by atoms with Gasteiger partial charge in [-0.3, -0.25) is 0 Å². The Morgan fingerprint density at radius 2 is 2.21 bits per heavy atom. The van der Waals surface area contributed by atoms with Crippen molar-refractivity contribution < 1.29 is 4.79 Å². The van der Waals surface area contributed by atoms with Crippen LogP contribution in [-0.4, -0.2) is 12.6 Å². The van der Waals surface area contributed by atoms with Gasteiger partial charge >= 0.3 is 6.03 Å². The summed E-state index contributed by atoms with van der Waals surface area (Å²) >= 11 is 5.14. The van der Waals surface area contributed by atoms with Gasteiger partial charge in [0.15, 0.2) is 0 Å². The number of urea groups is 1. The summed E-state index contributed by atoms with van der Waals surface area (Å²) in [5, 5.41) is 7.71. The number of anilines is 1. The normalized spacial score (nSPS) is 10.2. The fraction of sp³-hybridized carbons (Fsp3) is 0.214. The number of hydrogen-bond acceptors (Lipinski definition) is 2. The Hall–Kier alpha value is -1.33. The lowest BCUT2D eigenvalue weighted by atomic mass is 10.2. The number of hydrogen-bond donors (Lipinski definition) is 2. The molecule has 100 valence electrons. The maximum absolute atomic E-state index is 11.7. The summed E-state index contributed by atoms with van der Waals surface area (Å²) in [7, 11) is 0. The Morgan fingerprint density at radius 3 is 2.89 bits per heavy atom. The van der Waals surface area contributed by atoms with E-state index in [4.69, 9.17) is 0 Å². The van der Waals surface area contributed by atoms with Crippen molar-refractivity contribution in [3.05, 3.63) is 50.6 Å². The number of rotatable bonds is 4. The Morgan fingerprint density at radius 1 is 1.37 bits per heavy atom. The summed E-state index contributed by atoms with van der Waals surface area (Å²) < 4.78 is 0.890. The van der Waals surface area contributed by atoms with E-state index in [0.29, 0.717) is 6.54 Å². The van der Waals surface area contributed by atoms with Crippen molar-refractivity contribution in [1.29, 1.82) is 0 Å². The second-order valence-corrected chi connectivity index (χ2v) is 6.08. The zero-order valence-electron chi connectivity index (χ0n) is 10.6. The smallest absolute Gasteiger partial charge is 0.319 e. The summed E-state index contributed by atoms with van der Waals surface area (Å²) in [6.45, 7) is 2.64. The second-order valence-electron chi connectivity index (χ2n) is 4.19. The van der Waals surface area contributed by atoms with E-state index in [9.17, 15) is 4.79 Å². The number of carbonyl (C=O) groups excluding carboxylic acids is 1. The molecular formula is C14H15BrN2OS. The molecule has 0 atom stereocenters. The van der Waals surface area contributed by atoms with Crippen LogP contribution in [0.2, 0.25) is 0 Å². The second kappa shape index (κ2) is 6.73. The van der Waals surface area contributed by atoms with Crippen molar-refractivity contribution in [3.8, 4) is 0 Å². The molecule has 0 saturated carbocycles. The number of halogens is 1. The van der Waals surface area contributed by atoms with Gasteiger partial charge in [0.2, 0.25) is 0 Å². The molecule has 2 aromatic rings. The molecule has 0 aliphatic rings. The fourth-order valence-electron chi connectivity index (χ4n) is 1.64. The van der Waals surface area contributed by atoms with E-state index in [1.54, 1.807) is 11.3 Å². The van der Waals surface area contributed by atoms with Crippen LogP contribution < -0.4 is 10.6 Å². The highest BCUT2D eigenvalue weighted by Crippen LogP contribution is 2.23. The average Bonchev–Trinajstić information content (AvgIpc) is 2.86. The van der Waals surface area contributed by atoms with E-state index in [0.717, 1.165) is 22.1 Å². The van der Waals surface area contributed by atoms with Crippen LogP contribution in [0.25, 0.3) is 0 Å². The SMILES string of the molecule is Cc1ccc(NC(=O)NCCc2cccs2)c(Br)c1. The number of amides is 2. The Bertz CT molecular complexity index is 555. The van der Waals surface area contributed by atoms with Crippen LogP contribution in [0.15, 0.2) is 40.2 Å². The Balaban J connectivity index is 1.80. The monoisotopic (exact) mass is 338 g/mol. The predicted octanol–water partition coefficient (Wildman–Crippen LogP) is 4.18. The van der Waals surface area contributed by atoms with Crippen LogP contribution in [0.1, 0.15) is 10.4 Å². The zero-order chi connectivity index (χ0) is 13.7. The third-order valence-electron chi connectivity index (χ3n) is 2.61. The third kappa shape index (κ3) is 4.36. The van der Waals surface area contributed by atoms with Crippen molar-refractivity contribution in [1.82, 2.24) is 5.32 Å². The van der Waals surface area contributed by atoms with Crippen molar-refractivity contribution in [2.45, 2.75) is 13.3 Å². The molecular weight excluding hydrogens is 324 g/mol. The summed E-state index contributed by atoms with van der Waals surface area (Å²) in [6.07, 6.45) is 0.861. The first-order valence-electron chi connectivity index (χ1n) is 5.98. The van der Waals surface area contributed by atoms with E-state index in [1.165, 1.54) is 4.88 Å². The lowest BCUT2D eigenvalue weighted by molar-refractivity contribution is 0.252. The van der Waals surface area contributed by atoms with Crippen molar-refractivity contribution >= 4 is 39.0 Å². The van der Waals surface area contributed by atoms with Gasteiger partial charge in [-0.1, -0.05) is 12.1 Å². The highest BCUT2D eigenvalue weighted by molar-refractivity contribution is 9.10. The summed E-state index contributed by atoms with van der Waals surface area (Å²) in [5.74, 6) is 0. The molecule has 0 fully saturated rings. The molecule has 0 radical (unpaired) electrons. The van der Waals surface area contributed by atoms with Crippen LogP contribution >= 0.6 is 27.3 Å². The first-order chi connectivity index (χ1) is 9.15. The number of benzene rings is 1.